The molecule has 118 valence electrons. The second-order valence-corrected chi connectivity index (χ2v) is 6.52. The summed E-state index contributed by atoms with van der Waals surface area (Å²) in [6, 6.07) is 1.35. The van der Waals surface area contributed by atoms with Gasteiger partial charge in [0.1, 0.15) is 12.6 Å². The van der Waals surface area contributed by atoms with Crippen molar-refractivity contribution in [1.82, 2.24) is 10.6 Å². The van der Waals surface area contributed by atoms with Crippen LogP contribution in [0.5, 0.6) is 0 Å². The van der Waals surface area contributed by atoms with Gasteiger partial charge in [-0.15, -0.1) is 0 Å². The van der Waals surface area contributed by atoms with Crippen LogP contribution in [-0.4, -0.2) is 24.4 Å². The quantitative estimate of drug-likeness (QED) is 0.735. The smallest absolute Gasteiger partial charge is 0.243 e. The number of nitrogens with one attached hydrogen (secondary N) is 2. The van der Waals surface area contributed by atoms with E-state index in [1.807, 2.05) is 19.9 Å². The van der Waals surface area contributed by atoms with Crippen LogP contribution in [-0.2, 0) is 9.59 Å². The van der Waals surface area contributed by atoms with Crippen molar-refractivity contribution in [2.24, 2.45) is 17.8 Å². The molecule has 0 aromatic heterocycles. The number of nitriles is 1. The number of amides is 2. The number of hydrogen-bond acceptors (Lipinski definition) is 3. The summed E-state index contributed by atoms with van der Waals surface area (Å²) in [5, 5.41) is 14.0. The monoisotopic (exact) mass is 293 g/mol. The van der Waals surface area contributed by atoms with Crippen LogP contribution in [0.1, 0.15) is 52.9 Å². The number of carbonyl (C=O) groups excluding carboxylic acids is 2. The minimum absolute atomic E-state index is 0.0142. The average molecular weight is 293 g/mol. The van der Waals surface area contributed by atoms with Gasteiger partial charge in [-0.25, -0.2) is 0 Å². The number of carbonyl (C=O) groups is 2. The fourth-order valence-corrected chi connectivity index (χ4v) is 2.76. The third-order valence-electron chi connectivity index (χ3n) is 4.07. The molecule has 5 nitrogen and oxygen atoms in total. The zero-order valence-electron chi connectivity index (χ0n) is 13.3. The molecule has 1 atom stereocenters. The number of rotatable bonds is 6. The van der Waals surface area contributed by atoms with Crippen molar-refractivity contribution in [3.05, 3.63) is 0 Å². The van der Waals surface area contributed by atoms with Crippen molar-refractivity contribution in [2.45, 2.75) is 58.9 Å². The Morgan fingerprint density at radius 3 is 2.38 bits per heavy atom. The third-order valence-corrected chi connectivity index (χ3v) is 4.07. The van der Waals surface area contributed by atoms with E-state index in [0.29, 0.717) is 18.3 Å². The summed E-state index contributed by atoms with van der Waals surface area (Å²) in [6.45, 7) is 6.22. The molecule has 0 aromatic carbocycles. The van der Waals surface area contributed by atoms with Gasteiger partial charge in [0, 0.05) is 5.92 Å². The first-order valence-electron chi connectivity index (χ1n) is 7.89. The van der Waals surface area contributed by atoms with E-state index in [1.54, 1.807) is 0 Å². The highest BCUT2D eigenvalue weighted by molar-refractivity contribution is 5.88. The highest BCUT2D eigenvalue weighted by Gasteiger charge is 2.28. The van der Waals surface area contributed by atoms with Crippen molar-refractivity contribution in [3.63, 3.8) is 0 Å². The van der Waals surface area contributed by atoms with Crippen LogP contribution in [0.15, 0.2) is 0 Å². The summed E-state index contributed by atoms with van der Waals surface area (Å²) < 4.78 is 0. The molecule has 5 heteroatoms. The van der Waals surface area contributed by atoms with Crippen LogP contribution in [0, 0.1) is 29.1 Å². The van der Waals surface area contributed by atoms with Gasteiger partial charge in [0.25, 0.3) is 0 Å². The van der Waals surface area contributed by atoms with E-state index < -0.39 is 6.04 Å². The summed E-state index contributed by atoms with van der Waals surface area (Å²) in [6.07, 6.45) is 4.55. The molecule has 1 saturated carbocycles. The van der Waals surface area contributed by atoms with Gasteiger partial charge in [0.2, 0.25) is 11.8 Å². The van der Waals surface area contributed by atoms with Crippen molar-refractivity contribution < 1.29 is 9.59 Å². The minimum atomic E-state index is -0.537. The Morgan fingerprint density at radius 2 is 1.86 bits per heavy atom. The summed E-state index contributed by atoms with van der Waals surface area (Å²) in [4.78, 5) is 24.3. The maximum Gasteiger partial charge on any atom is 0.243 e. The molecule has 0 aliphatic heterocycles. The first-order chi connectivity index (χ1) is 9.93. The van der Waals surface area contributed by atoms with Gasteiger partial charge in [-0.05, 0) is 43.9 Å². The van der Waals surface area contributed by atoms with E-state index in [-0.39, 0.29) is 24.3 Å². The van der Waals surface area contributed by atoms with E-state index in [9.17, 15) is 9.59 Å². The average Bonchev–Trinajstić information content (AvgIpc) is 2.44. The molecule has 1 aliphatic rings. The fraction of sp³-hybridized carbons (Fsp3) is 0.812. The highest BCUT2D eigenvalue weighted by Crippen LogP contribution is 2.28. The zero-order chi connectivity index (χ0) is 15.8. The molecule has 2 N–H and O–H groups in total. The lowest BCUT2D eigenvalue weighted by Gasteiger charge is -2.27. The first-order valence-corrected chi connectivity index (χ1v) is 7.89. The van der Waals surface area contributed by atoms with Gasteiger partial charge in [-0.3, -0.25) is 9.59 Å². The van der Waals surface area contributed by atoms with E-state index in [1.165, 1.54) is 0 Å². The molecule has 0 unspecified atom stereocenters. The Balaban J connectivity index is 2.56. The Kier molecular flexibility index (Phi) is 7.21. The molecule has 0 saturated heterocycles. The molecular weight excluding hydrogens is 266 g/mol. The molecule has 2 amide bonds. The van der Waals surface area contributed by atoms with Crippen LogP contribution in [0.2, 0.25) is 0 Å². The topological polar surface area (TPSA) is 82.0 Å². The Bertz CT molecular complexity index is 393. The Hall–Kier alpha value is -1.57. The summed E-state index contributed by atoms with van der Waals surface area (Å²) in [7, 11) is 0. The SMILES string of the molecule is CC(C)C[C@H](NC(=O)C1CCC(C)CC1)C(=O)NCC#N. The lowest BCUT2D eigenvalue weighted by atomic mass is 9.82. The van der Waals surface area contributed by atoms with E-state index in [0.717, 1.165) is 25.7 Å². The lowest BCUT2D eigenvalue weighted by molar-refractivity contribution is -0.132. The summed E-state index contributed by atoms with van der Waals surface area (Å²) in [5.74, 6) is 0.746. The van der Waals surface area contributed by atoms with Gasteiger partial charge >= 0.3 is 0 Å². The number of nitrogens with zero attached hydrogens (tertiary/aromatic N) is 1. The van der Waals surface area contributed by atoms with Crippen molar-refractivity contribution in [2.75, 3.05) is 6.54 Å². The maximum atomic E-state index is 12.3. The number of hydrogen-bond donors (Lipinski definition) is 2. The Morgan fingerprint density at radius 1 is 1.24 bits per heavy atom. The highest BCUT2D eigenvalue weighted by atomic mass is 16.2. The van der Waals surface area contributed by atoms with Crippen LogP contribution in [0.25, 0.3) is 0 Å². The molecule has 21 heavy (non-hydrogen) atoms. The maximum absolute atomic E-state index is 12.3. The van der Waals surface area contributed by atoms with Crippen molar-refractivity contribution >= 4 is 11.8 Å². The van der Waals surface area contributed by atoms with E-state index in [2.05, 4.69) is 17.6 Å². The van der Waals surface area contributed by atoms with Gasteiger partial charge < -0.3 is 10.6 Å². The van der Waals surface area contributed by atoms with E-state index >= 15 is 0 Å². The van der Waals surface area contributed by atoms with Crippen molar-refractivity contribution in [3.8, 4) is 6.07 Å². The molecule has 0 heterocycles. The molecule has 1 fully saturated rings. The fourth-order valence-electron chi connectivity index (χ4n) is 2.76. The normalized spacial score (nSPS) is 23.2. The molecule has 0 radical (unpaired) electrons. The lowest BCUT2D eigenvalue weighted by Crippen LogP contribution is -2.49. The van der Waals surface area contributed by atoms with Crippen LogP contribution >= 0.6 is 0 Å². The predicted molar refractivity (Wildman–Crippen MR) is 81.1 cm³/mol. The third kappa shape index (κ3) is 6.16. The Labute approximate surface area is 127 Å². The van der Waals surface area contributed by atoms with Gasteiger partial charge in [-0.2, -0.15) is 5.26 Å². The summed E-state index contributed by atoms with van der Waals surface area (Å²) >= 11 is 0. The standard InChI is InChI=1S/C16H27N3O2/c1-11(2)10-14(16(21)18-9-8-17)19-15(20)13-6-4-12(3)5-7-13/h11-14H,4-7,9-10H2,1-3H3,(H,18,21)(H,19,20)/t12?,13?,14-/m0/s1. The summed E-state index contributed by atoms with van der Waals surface area (Å²) in [5.41, 5.74) is 0. The van der Waals surface area contributed by atoms with Gasteiger partial charge in [-0.1, -0.05) is 20.8 Å². The minimum Gasteiger partial charge on any atom is -0.344 e. The van der Waals surface area contributed by atoms with E-state index in [4.69, 9.17) is 5.26 Å². The van der Waals surface area contributed by atoms with Gasteiger partial charge in [0.05, 0.1) is 6.07 Å². The van der Waals surface area contributed by atoms with Crippen LogP contribution in [0.4, 0.5) is 0 Å². The molecule has 1 rings (SSSR count). The molecule has 0 spiro atoms. The largest absolute Gasteiger partial charge is 0.344 e. The van der Waals surface area contributed by atoms with Gasteiger partial charge in [0.15, 0.2) is 0 Å². The second-order valence-electron chi connectivity index (χ2n) is 6.52. The van der Waals surface area contributed by atoms with Crippen molar-refractivity contribution in [1.29, 1.82) is 5.26 Å². The molecule has 0 aromatic rings. The van der Waals surface area contributed by atoms with Crippen LogP contribution in [0.3, 0.4) is 0 Å². The molecule has 1 aliphatic carbocycles. The molecule has 0 bridgehead atoms. The second kappa shape index (κ2) is 8.66. The molecular formula is C16H27N3O2. The zero-order valence-corrected chi connectivity index (χ0v) is 13.3. The predicted octanol–water partition coefficient (Wildman–Crippen LogP) is 1.98. The first kappa shape index (κ1) is 17.5. The van der Waals surface area contributed by atoms with Crippen LogP contribution < -0.4 is 10.6 Å².